The smallest absolute Gasteiger partial charge is 0.197 e. The highest BCUT2D eigenvalue weighted by Crippen LogP contribution is 2.23. The van der Waals surface area contributed by atoms with Crippen LogP contribution >= 0.6 is 0 Å². The van der Waals surface area contributed by atoms with E-state index in [2.05, 4.69) is 38.5 Å². The summed E-state index contributed by atoms with van der Waals surface area (Å²) in [6, 6.07) is 4.18. The van der Waals surface area contributed by atoms with E-state index in [1.165, 1.54) is 25.1 Å². The Morgan fingerprint density at radius 2 is 2.04 bits per heavy atom. The first-order valence-corrected chi connectivity index (χ1v) is 8.44. The molecule has 122 valence electrons. The van der Waals surface area contributed by atoms with Gasteiger partial charge in [-0.25, -0.2) is 0 Å². The summed E-state index contributed by atoms with van der Waals surface area (Å²) in [5, 5.41) is 8.39. The zero-order chi connectivity index (χ0) is 15.8. The molecular formula is C17H24N5O+. The number of hydrogen-bond donors (Lipinski definition) is 1. The van der Waals surface area contributed by atoms with Crippen molar-refractivity contribution in [2.75, 3.05) is 24.5 Å². The number of anilines is 1. The van der Waals surface area contributed by atoms with Crippen LogP contribution in [0.25, 0.3) is 0 Å². The SMILES string of the molecule is C[n+]1ccc2n1CCN2Cc1cc(C(=N)N2CCCCC2)co1. The monoisotopic (exact) mass is 314 g/mol. The van der Waals surface area contributed by atoms with Gasteiger partial charge >= 0.3 is 0 Å². The first-order valence-electron chi connectivity index (χ1n) is 8.44. The average molecular weight is 314 g/mol. The molecule has 0 aliphatic carbocycles. The van der Waals surface area contributed by atoms with Gasteiger partial charge in [0.2, 0.25) is 0 Å². The molecule has 0 atom stereocenters. The van der Waals surface area contributed by atoms with Crippen LogP contribution in [0, 0.1) is 5.41 Å². The molecule has 6 nitrogen and oxygen atoms in total. The minimum absolute atomic E-state index is 0.607. The molecule has 4 rings (SSSR count). The van der Waals surface area contributed by atoms with Crippen LogP contribution in [0.4, 0.5) is 5.82 Å². The second kappa shape index (κ2) is 5.76. The minimum atomic E-state index is 0.607. The molecule has 2 aliphatic heterocycles. The third kappa shape index (κ3) is 2.62. The van der Waals surface area contributed by atoms with E-state index < -0.39 is 0 Å². The van der Waals surface area contributed by atoms with E-state index >= 15 is 0 Å². The van der Waals surface area contributed by atoms with Crippen LogP contribution in [-0.2, 0) is 20.1 Å². The number of aryl methyl sites for hydroxylation is 1. The van der Waals surface area contributed by atoms with Crippen LogP contribution in [0.15, 0.2) is 29.0 Å². The fourth-order valence-corrected chi connectivity index (χ4v) is 3.61. The van der Waals surface area contributed by atoms with Crippen molar-refractivity contribution in [3.63, 3.8) is 0 Å². The molecule has 4 heterocycles. The molecule has 0 amide bonds. The Kier molecular flexibility index (Phi) is 3.59. The van der Waals surface area contributed by atoms with Gasteiger partial charge < -0.3 is 14.2 Å². The number of hydrogen-bond acceptors (Lipinski definition) is 3. The molecule has 23 heavy (non-hydrogen) atoms. The van der Waals surface area contributed by atoms with Crippen molar-refractivity contribution in [1.82, 2.24) is 9.58 Å². The molecule has 2 aromatic heterocycles. The van der Waals surface area contributed by atoms with Gasteiger partial charge in [-0.1, -0.05) is 0 Å². The Bertz CT molecular complexity index is 710. The van der Waals surface area contributed by atoms with Crippen LogP contribution < -0.4 is 9.58 Å². The molecule has 0 bridgehead atoms. The summed E-state index contributed by atoms with van der Waals surface area (Å²) in [4.78, 5) is 4.49. The lowest BCUT2D eigenvalue weighted by Crippen LogP contribution is -2.37. The molecule has 1 fully saturated rings. The van der Waals surface area contributed by atoms with E-state index in [1.807, 2.05) is 6.07 Å². The summed E-state index contributed by atoms with van der Waals surface area (Å²) in [6.07, 6.45) is 7.48. The van der Waals surface area contributed by atoms with E-state index in [1.54, 1.807) is 6.26 Å². The van der Waals surface area contributed by atoms with Crippen molar-refractivity contribution in [2.24, 2.45) is 7.05 Å². The molecule has 1 N–H and O–H groups in total. The summed E-state index contributed by atoms with van der Waals surface area (Å²) < 4.78 is 10.1. The summed E-state index contributed by atoms with van der Waals surface area (Å²) in [6.45, 7) is 4.77. The molecular weight excluding hydrogens is 290 g/mol. The summed E-state index contributed by atoms with van der Waals surface area (Å²) in [7, 11) is 2.07. The number of nitrogens with one attached hydrogen (secondary N) is 1. The minimum Gasteiger partial charge on any atom is -0.467 e. The van der Waals surface area contributed by atoms with Crippen molar-refractivity contribution in [1.29, 1.82) is 5.41 Å². The predicted molar refractivity (Wildman–Crippen MR) is 87.6 cm³/mol. The lowest BCUT2D eigenvalue weighted by molar-refractivity contribution is -0.751. The van der Waals surface area contributed by atoms with Gasteiger partial charge in [-0.3, -0.25) is 5.41 Å². The fraction of sp³-hybridized carbons (Fsp3) is 0.529. The van der Waals surface area contributed by atoms with E-state index in [9.17, 15) is 0 Å². The highest BCUT2D eigenvalue weighted by atomic mass is 16.3. The van der Waals surface area contributed by atoms with E-state index in [0.29, 0.717) is 5.84 Å². The van der Waals surface area contributed by atoms with E-state index in [0.717, 1.165) is 44.0 Å². The van der Waals surface area contributed by atoms with Crippen molar-refractivity contribution < 1.29 is 9.10 Å². The normalized spacial score (nSPS) is 17.6. The number of furan rings is 1. The maximum Gasteiger partial charge on any atom is 0.197 e. The third-order valence-corrected chi connectivity index (χ3v) is 4.94. The number of fused-ring (bicyclic) bond motifs is 1. The van der Waals surface area contributed by atoms with Gasteiger partial charge in [0.1, 0.15) is 17.9 Å². The fourth-order valence-electron chi connectivity index (χ4n) is 3.61. The maximum atomic E-state index is 8.39. The first-order chi connectivity index (χ1) is 11.2. The van der Waals surface area contributed by atoms with Gasteiger partial charge in [0.25, 0.3) is 0 Å². The van der Waals surface area contributed by atoms with Gasteiger partial charge in [-0.15, -0.1) is 9.36 Å². The summed E-state index contributed by atoms with van der Waals surface area (Å²) in [5.74, 6) is 2.77. The Morgan fingerprint density at radius 3 is 2.87 bits per heavy atom. The highest BCUT2D eigenvalue weighted by Gasteiger charge is 2.26. The zero-order valence-electron chi connectivity index (χ0n) is 13.7. The Balaban J connectivity index is 1.45. The van der Waals surface area contributed by atoms with Crippen LogP contribution in [0.2, 0.25) is 0 Å². The van der Waals surface area contributed by atoms with Crippen LogP contribution in [0.5, 0.6) is 0 Å². The van der Waals surface area contributed by atoms with Gasteiger partial charge in [0, 0.05) is 19.6 Å². The Hall–Kier alpha value is -2.24. The maximum absolute atomic E-state index is 8.39. The number of aromatic nitrogens is 2. The van der Waals surface area contributed by atoms with Crippen LogP contribution in [-0.4, -0.2) is 35.1 Å². The van der Waals surface area contributed by atoms with Crippen molar-refractivity contribution in [3.05, 3.63) is 35.9 Å². The largest absolute Gasteiger partial charge is 0.467 e. The molecule has 1 saturated heterocycles. The number of amidine groups is 1. The topological polar surface area (TPSA) is 52.3 Å². The molecule has 0 aromatic carbocycles. The number of nitrogens with zero attached hydrogens (tertiary/aromatic N) is 4. The number of likely N-dealkylation sites (tertiary alicyclic amines) is 1. The predicted octanol–water partition coefficient (Wildman–Crippen LogP) is 1.74. The summed E-state index contributed by atoms with van der Waals surface area (Å²) in [5.41, 5.74) is 0.905. The zero-order valence-corrected chi connectivity index (χ0v) is 13.7. The van der Waals surface area contributed by atoms with Gasteiger partial charge in [0.15, 0.2) is 19.1 Å². The van der Waals surface area contributed by atoms with E-state index in [-0.39, 0.29) is 0 Å². The van der Waals surface area contributed by atoms with E-state index in [4.69, 9.17) is 9.83 Å². The molecule has 0 spiro atoms. The second-order valence-corrected chi connectivity index (χ2v) is 6.49. The molecule has 0 unspecified atom stereocenters. The van der Waals surface area contributed by atoms with Crippen LogP contribution in [0.3, 0.4) is 0 Å². The van der Waals surface area contributed by atoms with Gasteiger partial charge in [-0.2, -0.15) is 0 Å². The van der Waals surface area contributed by atoms with Crippen molar-refractivity contribution in [3.8, 4) is 0 Å². The standard InChI is InChI=1S/C17H24N5O/c1-19-8-5-16-21(9-10-22(16)19)12-15-11-14(13-23-15)17(18)20-6-3-2-4-7-20/h5,8,11,13,18H,2-4,6-7,9-10,12H2,1H3/q+1. The molecule has 2 aromatic rings. The molecule has 0 saturated carbocycles. The summed E-state index contributed by atoms with van der Waals surface area (Å²) >= 11 is 0. The average Bonchev–Trinajstić information content (AvgIpc) is 3.28. The highest BCUT2D eigenvalue weighted by molar-refractivity contribution is 5.96. The van der Waals surface area contributed by atoms with Crippen molar-refractivity contribution >= 4 is 11.7 Å². The molecule has 2 aliphatic rings. The molecule has 6 heteroatoms. The molecule has 0 radical (unpaired) electrons. The Morgan fingerprint density at radius 1 is 1.22 bits per heavy atom. The van der Waals surface area contributed by atoms with Gasteiger partial charge in [0.05, 0.1) is 24.7 Å². The quantitative estimate of drug-likeness (QED) is 0.533. The van der Waals surface area contributed by atoms with Gasteiger partial charge in [-0.05, 0) is 25.3 Å². The number of rotatable bonds is 3. The second-order valence-electron chi connectivity index (χ2n) is 6.49. The third-order valence-electron chi connectivity index (χ3n) is 4.94. The number of piperidine rings is 1. The van der Waals surface area contributed by atoms with Crippen LogP contribution in [0.1, 0.15) is 30.6 Å². The lowest BCUT2D eigenvalue weighted by atomic mass is 10.1. The Labute approximate surface area is 136 Å². The first kappa shape index (κ1) is 14.4. The lowest BCUT2D eigenvalue weighted by Gasteiger charge is -2.28. The van der Waals surface area contributed by atoms with Crippen molar-refractivity contribution in [2.45, 2.75) is 32.4 Å².